The maximum Gasteiger partial charge on any atom is 0.181 e. The fourth-order valence-corrected chi connectivity index (χ4v) is 2.00. The highest BCUT2D eigenvalue weighted by atomic mass is 16.1. The number of pyridine rings is 1. The number of aryl methyl sites for hydroxylation is 2. The number of carbonyl (C=O) groups is 1. The molecule has 0 fully saturated rings. The minimum Gasteiger partial charge on any atom is -0.292 e. The van der Waals surface area contributed by atoms with E-state index in [1.54, 1.807) is 6.20 Å². The summed E-state index contributed by atoms with van der Waals surface area (Å²) in [6.07, 6.45) is 3.84. The molecule has 1 aromatic heterocycles. The van der Waals surface area contributed by atoms with Crippen molar-refractivity contribution < 1.29 is 4.79 Å². The van der Waals surface area contributed by atoms with E-state index in [0.717, 1.165) is 18.4 Å². The average molecular weight is 239 g/mol. The van der Waals surface area contributed by atoms with E-state index in [1.165, 1.54) is 5.56 Å². The van der Waals surface area contributed by atoms with E-state index in [-0.39, 0.29) is 5.78 Å². The van der Waals surface area contributed by atoms with Gasteiger partial charge in [-0.1, -0.05) is 43.3 Å². The second-order valence-corrected chi connectivity index (χ2v) is 4.27. The lowest BCUT2D eigenvalue weighted by Gasteiger charge is -2.05. The predicted octanol–water partition coefficient (Wildman–Crippen LogP) is 3.46. The zero-order chi connectivity index (χ0) is 12.8. The summed E-state index contributed by atoms with van der Waals surface area (Å²) in [5.74, 6) is 0.135. The summed E-state index contributed by atoms with van der Waals surface area (Å²) in [6.45, 7) is 2.05. The van der Waals surface area contributed by atoms with Crippen molar-refractivity contribution >= 4 is 5.78 Å². The lowest BCUT2D eigenvalue weighted by molar-refractivity contribution is 0.0977. The van der Waals surface area contributed by atoms with Crippen molar-refractivity contribution in [1.29, 1.82) is 0 Å². The van der Waals surface area contributed by atoms with Gasteiger partial charge in [0.25, 0.3) is 0 Å². The van der Waals surface area contributed by atoms with Gasteiger partial charge in [-0.3, -0.25) is 9.78 Å². The summed E-state index contributed by atoms with van der Waals surface area (Å²) in [5.41, 5.74) is 2.87. The normalized spacial score (nSPS) is 10.3. The van der Waals surface area contributed by atoms with Crippen LogP contribution in [-0.2, 0) is 12.8 Å². The van der Waals surface area contributed by atoms with E-state index in [9.17, 15) is 4.79 Å². The number of aromatic nitrogens is 1. The van der Waals surface area contributed by atoms with Gasteiger partial charge in [-0.2, -0.15) is 0 Å². The van der Waals surface area contributed by atoms with Gasteiger partial charge >= 0.3 is 0 Å². The van der Waals surface area contributed by atoms with E-state index in [2.05, 4.69) is 4.98 Å². The fraction of sp³-hybridized carbons (Fsp3) is 0.250. The minimum atomic E-state index is 0.135. The van der Waals surface area contributed by atoms with E-state index in [0.29, 0.717) is 12.1 Å². The molecule has 0 N–H and O–H groups in total. The maximum absolute atomic E-state index is 12.1. The Labute approximate surface area is 108 Å². The lowest BCUT2D eigenvalue weighted by Crippen LogP contribution is -2.07. The summed E-state index contributed by atoms with van der Waals surface area (Å²) in [7, 11) is 0. The van der Waals surface area contributed by atoms with Gasteiger partial charge in [0.05, 0.1) is 0 Å². The molecule has 92 valence electrons. The number of nitrogens with zero attached hydrogens (tertiary/aromatic N) is 1. The minimum absolute atomic E-state index is 0.135. The molecule has 1 heterocycles. The molecule has 0 aliphatic carbocycles. The Hall–Kier alpha value is -1.96. The fourth-order valence-electron chi connectivity index (χ4n) is 2.00. The first kappa shape index (κ1) is 12.5. The first-order chi connectivity index (χ1) is 8.81. The summed E-state index contributed by atoms with van der Waals surface area (Å²) >= 11 is 0. The Kier molecular flexibility index (Phi) is 4.24. The molecule has 0 radical (unpaired) electrons. The number of benzene rings is 1. The molecule has 2 rings (SSSR count). The number of carbonyl (C=O) groups excluding carboxylic acids is 1. The molecule has 1 aromatic carbocycles. The van der Waals surface area contributed by atoms with Crippen molar-refractivity contribution in [1.82, 2.24) is 4.98 Å². The maximum atomic E-state index is 12.1. The van der Waals surface area contributed by atoms with Crippen LogP contribution in [0.3, 0.4) is 0 Å². The Morgan fingerprint density at radius 3 is 2.61 bits per heavy atom. The van der Waals surface area contributed by atoms with Crippen molar-refractivity contribution in [2.45, 2.75) is 26.2 Å². The number of rotatable bonds is 5. The topological polar surface area (TPSA) is 30.0 Å². The first-order valence-electron chi connectivity index (χ1n) is 6.32. The number of hydrogen-bond acceptors (Lipinski definition) is 2. The van der Waals surface area contributed by atoms with Gasteiger partial charge in [0, 0.05) is 12.6 Å². The molecule has 0 unspecified atom stereocenters. The smallest absolute Gasteiger partial charge is 0.181 e. The van der Waals surface area contributed by atoms with Crippen LogP contribution in [0, 0.1) is 0 Å². The molecule has 0 saturated carbocycles. The summed E-state index contributed by atoms with van der Waals surface area (Å²) < 4.78 is 0. The highest BCUT2D eigenvalue weighted by Crippen LogP contribution is 2.11. The number of hydrogen-bond donors (Lipinski definition) is 0. The highest BCUT2D eigenvalue weighted by Gasteiger charge is 2.11. The van der Waals surface area contributed by atoms with Crippen molar-refractivity contribution in [3.63, 3.8) is 0 Å². The average Bonchev–Trinajstić information content (AvgIpc) is 2.45. The van der Waals surface area contributed by atoms with Crippen LogP contribution in [0.1, 0.15) is 35.0 Å². The summed E-state index contributed by atoms with van der Waals surface area (Å²) in [6, 6.07) is 13.9. The summed E-state index contributed by atoms with van der Waals surface area (Å²) in [4.78, 5) is 16.3. The van der Waals surface area contributed by atoms with Gasteiger partial charge in [0.2, 0.25) is 0 Å². The molecular formula is C16H17NO. The van der Waals surface area contributed by atoms with E-state index in [4.69, 9.17) is 0 Å². The molecule has 0 aliphatic heterocycles. The SMILES string of the molecule is CCc1cccnc1C(=O)CCc1ccccc1. The van der Waals surface area contributed by atoms with E-state index < -0.39 is 0 Å². The third-order valence-corrected chi connectivity index (χ3v) is 3.02. The number of Topliss-reactive ketones (excluding diaryl/α,β-unsaturated/α-hetero) is 1. The molecule has 0 spiro atoms. The van der Waals surface area contributed by atoms with Gasteiger partial charge in [-0.15, -0.1) is 0 Å². The third kappa shape index (κ3) is 3.04. The second kappa shape index (κ2) is 6.10. The lowest BCUT2D eigenvalue weighted by atomic mass is 10.0. The molecule has 2 aromatic rings. The molecule has 0 saturated heterocycles. The quantitative estimate of drug-likeness (QED) is 0.748. The molecule has 2 heteroatoms. The van der Waals surface area contributed by atoms with E-state index >= 15 is 0 Å². The zero-order valence-electron chi connectivity index (χ0n) is 10.6. The first-order valence-corrected chi connectivity index (χ1v) is 6.32. The molecule has 18 heavy (non-hydrogen) atoms. The highest BCUT2D eigenvalue weighted by molar-refractivity contribution is 5.95. The molecule has 0 amide bonds. The molecule has 2 nitrogen and oxygen atoms in total. The van der Waals surface area contributed by atoms with Gasteiger partial charge in [-0.25, -0.2) is 0 Å². The van der Waals surface area contributed by atoms with Crippen LogP contribution < -0.4 is 0 Å². The van der Waals surface area contributed by atoms with Gasteiger partial charge < -0.3 is 0 Å². The molecule has 0 aliphatic rings. The summed E-state index contributed by atoms with van der Waals surface area (Å²) in [5, 5.41) is 0. The monoisotopic (exact) mass is 239 g/mol. The molecule has 0 atom stereocenters. The van der Waals surface area contributed by atoms with Crippen LogP contribution in [0.5, 0.6) is 0 Å². The van der Waals surface area contributed by atoms with Crippen LogP contribution in [0.15, 0.2) is 48.7 Å². The van der Waals surface area contributed by atoms with Crippen LogP contribution >= 0.6 is 0 Å². The Morgan fingerprint density at radius 1 is 1.11 bits per heavy atom. The van der Waals surface area contributed by atoms with Crippen LogP contribution in [0.25, 0.3) is 0 Å². The standard InChI is InChI=1S/C16H17NO/c1-2-14-9-6-12-17-16(14)15(18)11-10-13-7-4-3-5-8-13/h3-9,12H,2,10-11H2,1H3. The molecule has 0 bridgehead atoms. The van der Waals surface area contributed by atoms with Crippen molar-refractivity contribution in [2.24, 2.45) is 0 Å². The Bertz CT molecular complexity index is 520. The van der Waals surface area contributed by atoms with Gasteiger partial charge in [-0.05, 0) is 30.0 Å². The van der Waals surface area contributed by atoms with E-state index in [1.807, 2.05) is 49.4 Å². The van der Waals surface area contributed by atoms with Gasteiger partial charge in [0.15, 0.2) is 5.78 Å². The van der Waals surface area contributed by atoms with Gasteiger partial charge in [0.1, 0.15) is 5.69 Å². The Balaban J connectivity index is 2.04. The van der Waals surface area contributed by atoms with Crippen LogP contribution in [-0.4, -0.2) is 10.8 Å². The van der Waals surface area contributed by atoms with Crippen LogP contribution in [0.4, 0.5) is 0 Å². The number of ketones is 1. The van der Waals surface area contributed by atoms with Crippen LogP contribution in [0.2, 0.25) is 0 Å². The third-order valence-electron chi connectivity index (χ3n) is 3.02. The van der Waals surface area contributed by atoms with Crippen molar-refractivity contribution in [3.05, 3.63) is 65.5 Å². The Morgan fingerprint density at radius 2 is 1.89 bits per heavy atom. The zero-order valence-corrected chi connectivity index (χ0v) is 10.6. The van der Waals surface area contributed by atoms with Crippen molar-refractivity contribution in [2.75, 3.05) is 0 Å². The second-order valence-electron chi connectivity index (χ2n) is 4.27. The van der Waals surface area contributed by atoms with Crippen molar-refractivity contribution in [3.8, 4) is 0 Å². The predicted molar refractivity (Wildman–Crippen MR) is 72.7 cm³/mol. The molecular weight excluding hydrogens is 222 g/mol. The largest absolute Gasteiger partial charge is 0.292 e.